The first-order valence-electron chi connectivity index (χ1n) is 6.54. The SMILES string of the molecule is COC1CCN(CCC(C)(C)OC)C(CN)C1. The first kappa shape index (κ1) is 14.9. The van der Waals surface area contributed by atoms with Crippen LogP contribution in [0.4, 0.5) is 0 Å². The lowest BCUT2D eigenvalue weighted by Crippen LogP contribution is -2.49. The predicted molar refractivity (Wildman–Crippen MR) is 70.2 cm³/mol. The number of piperidine rings is 1. The van der Waals surface area contributed by atoms with Gasteiger partial charge in [-0.15, -0.1) is 0 Å². The molecule has 0 aromatic heterocycles. The molecule has 0 amide bonds. The number of methoxy groups -OCH3 is 2. The third-order valence-corrected chi connectivity index (χ3v) is 3.95. The van der Waals surface area contributed by atoms with E-state index in [0.29, 0.717) is 18.7 Å². The number of ether oxygens (including phenoxy) is 2. The standard InChI is InChI=1S/C13H28N2O2/c1-13(2,17-4)6-8-15-7-5-12(16-3)9-11(15)10-14/h11-12H,5-10,14H2,1-4H3. The van der Waals surface area contributed by atoms with Gasteiger partial charge in [-0.25, -0.2) is 0 Å². The van der Waals surface area contributed by atoms with Gasteiger partial charge >= 0.3 is 0 Å². The smallest absolute Gasteiger partial charge is 0.0634 e. The highest BCUT2D eigenvalue weighted by molar-refractivity contribution is 4.84. The second-order valence-electron chi connectivity index (χ2n) is 5.52. The molecule has 0 radical (unpaired) electrons. The minimum Gasteiger partial charge on any atom is -0.381 e. The molecule has 2 unspecified atom stereocenters. The van der Waals surface area contributed by atoms with Crippen molar-refractivity contribution in [2.75, 3.05) is 33.9 Å². The molecule has 2 N–H and O–H groups in total. The molecule has 1 rings (SSSR count). The molecule has 0 bridgehead atoms. The van der Waals surface area contributed by atoms with E-state index in [1.807, 2.05) is 0 Å². The summed E-state index contributed by atoms with van der Waals surface area (Å²) in [6.07, 6.45) is 3.59. The Morgan fingerprint density at radius 2 is 2.06 bits per heavy atom. The van der Waals surface area contributed by atoms with Crippen molar-refractivity contribution in [2.45, 2.75) is 50.9 Å². The van der Waals surface area contributed by atoms with Crippen LogP contribution < -0.4 is 5.73 Å². The van der Waals surface area contributed by atoms with Crippen LogP contribution in [-0.2, 0) is 9.47 Å². The van der Waals surface area contributed by atoms with Gasteiger partial charge in [-0.3, -0.25) is 4.90 Å². The van der Waals surface area contributed by atoms with Gasteiger partial charge in [0.15, 0.2) is 0 Å². The van der Waals surface area contributed by atoms with E-state index in [9.17, 15) is 0 Å². The maximum absolute atomic E-state index is 5.85. The first-order chi connectivity index (χ1) is 8.02. The van der Waals surface area contributed by atoms with Crippen molar-refractivity contribution < 1.29 is 9.47 Å². The molecule has 0 saturated carbocycles. The quantitative estimate of drug-likeness (QED) is 0.763. The van der Waals surface area contributed by atoms with Gasteiger partial charge in [-0.1, -0.05) is 0 Å². The Hall–Kier alpha value is -0.160. The number of nitrogens with two attached hydrogens (primary N) is 1. The monoisotopic (exact) mass is 244 g/mol. The van der Waals surface area contributed by atoms with Crippen LogP contribution in [0, 0.1) is 0 Å². The van der Waals surface area contributed by atoms with E-state index in [0.717, 1.165) is 32.4 Å². The van der Waals surface area contributed by atoms with E-state index in [2.05, 4.69) is 18.7 Å². The van der Waals surface area contributed by atoms with E-state index in [1.54, 1.807) is 14.2 Å². The molecule has 1 aliphatic rings. The largest absolute Gasteiger partial charge is 0.381 e. The number of nitrogens with zero attached hydrogens (tertiary/aromatic N) is 1. The van der Waals surface area contributed by atoms with Gasteiger partial charge in [0.1, 0.15) is 0 Å². The molecule has 0 aromatic carbocycles. The maximum atomic E-state index is 5.85. The fraction of sp³-hybridized carbons (Fsp3) is 1.00. The minimum atomic E-state index is -0.0444. The first-order valence-corrected chi connectivity index (χ1v) is 6.54. The second kappa shape index (κ2) is 6.69. The van der Waals surface area contributed by atoms with Gasteiger partial charge in [0.2, 0.25) is 0 Å². The molecule has 1 heterocycles. The zero-order valence-electron chi connectivity index (χ0n) is 11.7. The molecule has 2 atom stereocenters. The topological polar surface area (TPSA) is 47.7 Å². The van der Waals surface area contributed by atoms with Gasteiger partial charge in [-0.2, -0.15) is 0 Å². The molecule has 0 aliphatic carbocycles. The predicted octanol–water partition coefficient (Wildman–Crippen LogP) is 1.24. The summed E-state index contributed by atoms with van der Waals surface area (Å²) in [6, 6.07) is 0.460. The van der Waals surface area contributed by atoms with E-state index >= 15 is 0 Å². The van der Waals surface area contributed by atoms with Crippen molar-refractivity contribution in [3.63, 3.8) is 0 Å². The normalized spacial score (nSPS) is 27.4. The molecular formula is C13H28N2O2. The van der Waals surface area contributed by atoms with Gasteiger partial charge in [0.05, 0.1) is 11.7 Å². The molecular weight excluding hydrogens is 216 g/mol. The molecule has 0 aromatic rings. The van der Waals surface area contributed by atoms with Crippen LogP contribution >= 0.6 is 0 Å². The Bertz CT molecular complexity index is 221. The summed E-state index contributed by atoms with van der Waals surface area (Å²) in [7, 11) is 3.57. The molecule has 1 saturated heterocycles. The fourth-order valence-electron chi connectivity index (χ4n) is 2.33. The van der Waals surface area contributed by atoms with Crippen molar-refractivity contribution in [3.8, 4) is 0 Å². The molecule has 1 fully saturated rings. The van der Waals surface area contributed by atoms with Crippen LogP contribution in [-0.4, -0.2) is 56.5 Å². The summed E-state index contributed by atoms with van der Waals surface area (Å²) >= 11 is 0. The fourth-order valence-corrected chi connectivity index (χ4v) is 2.33. The lowest BCUT2D eigenvalue weighted by molar-refractivity contribution is -0.0167. The lowest BCUT2D eigenvalue weighted by atomic mass is 9.97. The van der Waals surface area contributed by atoms with Crippen LogP contribution in [0.1, 0.15) is 33.1 Å². The van der Waals surface area contributed by atoms with Crippen molar-refractivity contribution in [3.05, 3.63) is 0 Å². The van der Waals surface area contributed by atoms with Gasteiger partial charge in [0.25, 0.3) is 0 Å². The van der Waals surface area contributed by atoms with Crippen molar-refractivity contribution in [2.24, 2.45) is 5.73 Å². The van der Waals surface area contributed by atoms with Gasteiger partial charge in [-0.05, 0) is 33.1 Å². The highest BCUT2D eigenvalue weighted by Gasteiger charge is 2.28. The average molecular weight is 244 g/mol. The summed E-state index contributed by atoms with van der Waals surface area (Å²) in [4.78, 5) is 2.48. The summed E-state index contributed by atoms with van der Waals surface area (Å²) < 4.78 is 10.9. The number of rotatable bonds is 6. The third kappa shape index (κ3) is 4.54. The summed E-state index contributed by atoms with van der Waals surface area (Å²) in [5.74, 6) is 0. The van der Waals surface area contributed by atoms with Gasteiger partial charge in [0, 0.05) is 39.9 Å². The van der Waals surface area contributed by atoms with Gasteiger partial charge < -0.3 is 15.2 Å². The van der Waals surface area contributed by atoms with Crippen molar-refractivity contribution >= 4 is 0 Å². The van der Waals surface area contributed by atoms with E-state index in [-0.39, 0.29) is 5.60 Å². The second-order valence-corrected chi connectivity index (χ2v) is 5.52. The highest BCUT2D eigenvalue weighted by Crippen LogP contribution is 2.21. The van der Waals surface area contributed by atoms with Crippen LogP contribution in [0.5, 0.6) is 0 Å². The van der Waals surface area contributed by atoms with E-state index in [1.165, 1.54) is 0 Å². The Morgan fingerprint density at radius 1 is 1.35 bits per heavy atom. The maximum Gasteiger partial charge on any atom is 0.0634 e. The molecule has 0 spiro atoms. The Labute approximate surface area is 105 Å². The lowest BCUT2D eigenvalue weighted by Gasteiger charge is -2.39. The third-order valence-electron chi connectivity index (χ3n) is 3.95. The summed E-state index contributed by atoms with van der Waals surface area (Å²) in [5.41, 5.74) is 5.81. The Balaban J connectivity index is 2.42. The molecule has 102 valence electrons. The summed E-state index contributed by atoms with van der Waals surface area (Å²) in [5, 5.41) is 0. The number of likely N-dealkylation sites (tertiary alicyclic amines) is 1. The number of hydrogen-bond acceptors (Lipinski definition) is 4. The molecule has 4 nitrogen and oxygen atoms in total. The van der Waals surface area contributed by atoms with Crippen LogP contribution in [0.3, 0.4) is 0 Å². The van der Waals surface area contributed by atoms with Crippen LogP contribution in [0.2, 0.25) is 0 Å². The average Bonchev–Trinajstić information content (AvgIpc) is 2.36. The van der Waals surface area contributed by atoms with Crippen molar-refractivity contribution in [1.29, 1.82) is 0 Å². The summed E-state index contributed by atoms with van der Waals surface area (Å²) in [6.45, 7) is 7.12. The molecule has 1 aliphatic heterocycles. The van der Waals surface area contributed by atoms with E-state index in [4.69, 9.17) is 15.2 Å². The molecule has 17 heavy (non-hydrogen) atoms. The van der Waals surface area contributed by atoms with Crippen molar-refractivity contribution in [1.82, 2.24) is 4.90 Å². The Kier molecular flexibility index (Phi) is 5.86. The Morgan fingerprint density at radius 3 is 2.59 bits per heavy atom. The zero-order chi connectivity index (χ0) is 12.9. The van der Waals surface area contributed by atoms with Crippen LogP contribution in [0.25, 0.3) is 0 Å². The minimum absolute atomic E-state index is 0.0444. The van der Waals surface area contributed by atoms with Crippen LogP contribution in [0.15, 0.2) is 0 Å². The number of hydrogen-bond donors (Lipinski definition) is 1. The highest BCUT2D eigenvalue weighted by atomic mass is 16.5. The zero-order valence-corrected chi connectivity index (χ0v) is 11.7. The van der Waals surface area contributed by atoms with E-state index < -0.39 is 0 Å². The molecule has 4 heteroatoms.